The van der Waals surface area contributed by atoms with E-state index in [-0.39, 0.29) is 0 Å². The van der Waals surface area contributed by atoms with Crippen molar-refractivity contribution in [2.75, 3.05) is 13.1 Å². The van der Waals surface area contributed by atoms with Gasteiger partial charge in [0.05, 0.1) is 0 Å². The van der Waals surface area contributed by atoms with Gasteiger partial charge in [0.1, 0.15) is 0 Å². The van der Waals surface area contributed by atoms with E-state index in [1.165, 1.54) is 25.9 Å². The molecule has 3 heteroatoms. The fourth-order valence-corrected chi connectivity index (χ4v) is 1.64. The number of rotatable bonds is 0. The van der Waals surface area contributed by atoms with Gasteiger partial charge in [0.2, 0.25) is 0 Å². The Balaban J connectivity index is 2.19. The molecular formula is C5H9Br2N. The summed E-state index contributed by atoms with van der Waals surface area (Å²) in [7, 11) is 0. The predicted molar refractivity (Wildman–Crippen MR) is 42.4 cm³/mol. The lowest BCUT2D eigenvalue weighted by Gasteiger charge is -2.22. The summed E-state index contributed by atoms with van der Waals surface area (Å²) < 4.78 is 2.19. The van der Waals surface area contributed by atoms with Crippen molar-refractivity contribution in [2.24, 2.45) is 0 Å². The zero-order chi connectivity index (χ0) is 5.98. The summed E-state index contributed by atoms with van der Waals surface area (Å²) in [6.45, 7) is 2.35. The number of alkyl halides is 1. The molecule has 1 rings (SSSR count). The third-order valence-electron chi connectivity index (χ3n) is 1.37. The first-order valence-corrected chi connectivity index (χ1v) is 4.46. The Morgan fingerprint density at radius 1 is 1.25 bits per heavy atom. The second-order valence-corrected chi connectivity index (χ2v) is 4.38. The van der Waals surface area contributed by atoms with Crippen LogP contribution in [0.2, 0.25) is 0 Å². The Morgan fingerprint density at radius 3 is 2.12 bits per heavy atom. The molecule has 0 aromatic carbocycles. The summed E-state index contributed by atoms with van der Waals surface area (Å²) in [5.74, 6) is 0. The maximum Gasteiger partial charge on any atom is 0.0170 e. The number of piperidine rings is 1. The van der Waals surface area contributed by atoms with Crippen molar-refractivity contribution >= 4 is 32.1 Å². The molecule has 48 valence electrons. The van der Waals surface area contributed by atoms with Crippen LogP contribution in [0.3, 0.4) is 0 Å². The van der Waals surface area contributed by atoms with E-state index in [1.807, 2.05) is 0 Å². The van der Waals surface area contributed by atoms with Gasteiger partial charge in [-0.1, -0.05) is 15.9 Å². The Hall–Kier alpha value is 0.920. The third-order valence-corrected chi connectivity index (χ3v) is 2.99. The second kappa shape index (κ2) is 3.18. The molecule has 0 saturated carbocycles. The van der Waals surface area contributed by atoms with E-state index in [2.05, 4.69) is 36.0 Å². The fraction of sp³-hybridized carbons (Fsp3) is 1.00. The van der Waals surface area contributed by atoms with Crippen molar-refractivity contribution in [3.05, 3.63) is 0 Å². The molecule has 8 heavy (non-hydrogen) atoms. The summed E-state index contributed by atoms with van der Waals surface area (Å²) in [6.07, 6.45) is 2.54. The summed E-state index contributed by atoms with van der Waals surface area (Å²) in [6, 6.07) is 0. The lowest BCUT2D eigenvalue weighted by Crippen LogP contribution is -2.25. The highest BCUT2D eigenvalue weighted by Crippen LogP contribution is 2.18. The van der Waals surface area contributed by atoms with Gasteiger partial charge < -0.3 is 0 Å². The van der Waals surface area contributed by atoms with Crippen molar-refractivity contribution in [3.63, 3.8) is 0 Å². The molecule has 1 aliphatic rings. The Labute approximate surface area is 66.9 Å². The minimum atomic E-state index is 0.760. The van der Waals surface area contributed by atoms with Crippen LogP contribution in [0.5, 0.6) is 0 Å². The molecular weight excluding hydrogens is 234 g/mol. The summed E-state index contributed by atoms with van der Waals surface area (Å²) >= 11 is 7.00. The first-order valence-electron chi connectivity index (χ1n) is 2.84. The van der Waals surface area contributed by atoms with Gasteiger partial charge >= 0.3 is 0 Å². The van der Waals surface area contributed by atoms with Gasteiger partial charge in [0, 0.05) is 34.1 Å². The predicted octanol–water partition coefficient (Wildman–Crippen LogP) is 2.16. The van der Waals surface area contributed by atoms with E-state index < -0.39 is 0 Å². The van der Waals surface area contributed by atoms with Crippen LogP contribution in [0, 0.1) is 0 Å². The van der Waals surface area contributed by atoms with Gasteiger partial charge in [-0.15, -0.1) is 0 Å². The number of hydrogen-bond donors (Lipinski definition) is 0. The van der Waals surface area contributed by atoms with E-state index in [4.69, 9.17) is 0 Å². The van der Waals surface area contributed by atoms with Crippen LogP contribution in [0.1, 0.15) is 12.8 Å². The lowest BCUT2D eigenvalue weighted by atomic mass is 10.2. The fourth-order valence-electron chi connectivity index (χ4n) is 0.816. The highest BCUT2D eigenvalue weighted by Gasteiger charge is 2.13. The average molecular weight is 243 g/mol. The molecule has 1 nitrogen and oxygen atoms in total. The molecule has 0 aliphatic carbocycles. The average Bonchev–Trinajstić information content (AvgIpc) is 1.77. The molecule has 0 atom stereocenters. The van der Waals surface area contributed by atoms with E-state index in [0.717, 1.165) is 4.83 Å². The van der Waals surface area contributed by atoms with Gasteiger partial charge in [0.25, 0.3) is 0 Å². The van der Waals surface area contributed by atoms with Gasteiger partial charge in [-0.2, -0.15) is 0 Å². The largest absolute Gasteiger partial charge is 0.242 e. The standard InChI is InChI=1S/C5H9Br2N/c6-5-1-3-8(7)4-2-5/h5H,1-4H2. The molecule has 0 unspecified atom stereocenters. The van der Waals surface area contributed by atoms with Crippen LogP contribution in [-0.4, -0.2) is 21.8 Å². The van der Waals surface area contributed by atoms with Crippen LogP contribution in [0.4, 0.5) is 0 Å². The molecule has 0 radical (unpaired) electrons. The molecule has 1 aliphatic heterocycles. The van der Waals surface area contributed by atoms with Gasteiger partial charge in [-0.25, -0.2) is 3.93 Å². The molecule has 0 N–H and O–H groups in total. The Bertz CT molecular complexity index is 58.8. The quantitative estimate of drug-likeness (QED) is 0.465. The van der Waals surface area contributed by atoms with Gasteiger partial charge in [-0.3, -0.25) is 0 Å². The van der Waals surface area contributed by atoms with Crippen molar-refractivity contribution in [3.8, 4) is 0 Å². The van der Waals surface area contributed by atoms with Crippen LogP contribution in [0.25, 0.3) is 0 Å². The number of nitrogens with zero attached hydrogens (tertiary/aromatic N) is 1. The summed E-state index contributed by atoms with van der Waals surface area (Å²) in [5, 5.41) is 0. The smallest absolute Gasteiger partial charge is 0.0170 e. The summed E-state index contributed by atoms with van der Waals surface area (Å²) in [5.41, 5.74) is 0. The molecule has 0 amide bonds. The van der Waals surface area contributed by atoms with E-state index in [0.29, 0.717) is 0 Å². The van der Waals surface area contributed by atoms with E-state index in [9.17, 15) is 0 Å². The zero-order valence-electron chi connectivity index (χ0n) is 4.61. The topological polar surface area (TPSA) is 3.24 Å². The minimum absolute atomic E-state index is 0.760. The lowest BCUT2D eigenvalue weighted by molar-refractivity contribution is 0.403. The van der Waals surface area contributed by atoms with Crippen LogP contribution in [0.15, 0.2) is 0 Å². The van der Waals surface area contributed by atoms with Crippen molar-refractivity contribution in [1.29, 1.82) is 0 Å². The highest BCUT2D eigenvalue weighted by atomic mass is 79.9. The van der Waals surface area contributed by atoms with E-state index >= 15 is 0 Å². The SMILES string of the molecule is BrC1CCN(Br)CC1. The molecule has 0 bridgehead atoms. The highest BCUT2D eigenvalue weighted by molar-refractivity contribution is 9.09. The van der Waals surface area contributed by atoms with Crippen LogP contribution in [-0.2, 0) is 0 Å². The van der Waals surface area contributed by atoms with Crippen LogP contribution < -0.4 is 0 Å². The Kier molecular flexibility index (Phi) is 2.80. The van der Waals surface area contributed by atoms with Crippen molar-refractivity contribution in [1.82, 2.24) is 3.93 Å². The zero-order valence-corrected chi connectivity index (χ0v) is 7.78. The normalized spacial score (nSPS) is 26.2. The van der Waals surface area contributed by atoms with Crippen molar-refractivity contribution in [2.45, 2.75) is 17.7 Å². The molecule has 1 heterocycles. The maximum absolute atomic E-state index is 3.57. The number of hydrogen-bond acceptors (Lipinski definition) is 1. The Morgan fingerprint density at radius 2 is 1.75 bits per heavy atom. The monoisotopic (exact) mass is 241 g/mol. The van der Waals surface area contributed by atoms with Gasteiger partial charge in [0.15, 0.2) is 0 Å². The molecule has 1 fully saturated rings. The third kappa shape index (κ3) is 2.03. The van der Waals surface area contributed by atoms with E-state index in [1.54, 1.807) is 0 Å². The first-order chi connectivity index (χ1) is 3.79. The van der Waals surface area contributed by atoms with Crippen molar-refractivity contribution < 1.29 is 0 Å². The second-order valence-electron chi connectivity index (χ2n) is 2.08. The molecule has 1 saturated heterocycles. The minimum Gasteiger partial charge on any atom is -0.242 e. The number of halogens is 2. The van der Waals surface area contributed by atoms with Crippen LogP contribution >= 0.6 is 32.1 Å². The molecule has 0 aromatic rings. The molecule has 0 spiro atoms. The summed E-state index contributed by atoms with van der Waals surface area (Å²) in [4.78, 5) is 0.760. The first kappa shape index (κ1) is 7.03. The maximum atomic E-state index is 3.57. The van der Waals surface area contributed by atoms with Gasteiger partial charge in [-0.05, 0) is 12.8 Å². The molecule has 0 aromatic heterocycles.